The van der Waals surface area contributed by atoms with Crippen LogP contribution >= 0.6 is 0 Å². The second-order valence-corrected chi connectivity index (χ2v) is 4.83. The fourth-order valence-corrected chi connectivity index (χ4v) is 1.87. The van der Waals surface area contributed by atoms with Crippen molar-refractivity contribution in [2.45, 2.75) is 40.2 Å². The number of hydrogen-bond donors (Lipinski definition) is 0. The zero-order chi connectivity index (χ0) is 13.2. The van der Waals surface area contributed by atoms with E-state index < -0.39 is 5.60 Å². The Morgan fingerprint density at radius 3 is 2.00 bits per heavy atom. The Balaban J connectivity index is 3.07. The Kier molecular flexibility index (Phi) is 3.81. The van der Waals surface area contributed by atoms with Crippen molar-refractivity contribution < 1.29 is 14.3 Å². The summed E-state index contributed by atoms with van der Waals surface area (Å²) in [5.74, 6) is 0.378. The standard InChI is InChI=1S/C14H20O3/c1-9-7-10(2)12(11(3)8-9)17-14(4,5)13(15)16-6/h7-8H,1-6H3. The van der Waals surface area contributed by atoms with Gasteiger partial charge >= 0.3 is 5.97 Å². The van der Waals surface area contributed by atoms with Gasteiger partial charge in [0.2, 0.25) is 0 Å². The van der Waals surface area contributed by atoms with Gasteiger partial charge in [-0.25, -0.2) is 4.79 Å². The molecule has 3 nitrogen and oxygen atoms in total. The van der Waals surface area contributed by atoms with E-state index in [0.29, 0.717) is 0 Å². The van der Waals surface area contributed by atoms with Crippen LogP contribution in [0.1, 0.15) is 30.5 Å². The molecule has 3 heteroatoms. The quantitative estimate of drug-likeness (QED) is 0.757. The molecule has 1 aromatic rings. The number of hydrogen-bond acceptors (Lipinski definition) is 3. The molecule has 0 spiro atoms. The average Bonchev–Trinajstić information content (AvgIpc) is 2.22. The Hall–Kier alpha value is -1.51. The van der Waals surface area contributed by atoms with Crippen molar-refractivity contribution in [2.75, 3.05) is 7.11 Å². The first-order valence-corrected chi connectivity index (χ1v) is 5.63. The smallest absolute Gasteiger partial charge is 0.349 e. The van der Waals surface area contributed by atoms with Gasteiger partial charge in [-0.1, -0.05) is 17.7 Å². The van der Waals surface area contributed by atoms with Crippen LogP contribution in [0.25, 0.3) is 0 Å². The second-order valence-electron chi connectivity index (χ2n) is 4.83. The van der Waals surface area contributed by atoms with Crippen molar-refractivity contribution in [1.82, 2.24) is 0 Å². The van der Waals surface area contributed by atoms with Gasteiger partial charge in [-0.15, -0.1) is 0 Å². The zero-order valence-electron chi connectivity index (χ0n) is 11.4. The van der Waals surface area contributed by atoms with E-state index in [2.05, 4.69) is 0 Å². The summed E-state index contributed by atoms with van der Waals surface area (Å²) in [6.45, 7) is 9.40. The topological polar surface area (TPSA) is 35.5 Å². The summed E-state index contributed by atoms with van der Waals surface area (Å²) in [7, 11) is 1.36. The van der Waals surface area contributed by atoms with Gasteiger partial charge in [0.05, 0.1) is 7.11 Å². The number of esters is 1. The Labute approximate surface area is 103 Å². The lowest BCUT2D eigenvalue weighted by molar-refractivity contribution is -0.156. The van der Waals surface area contributed by atoms with E-state index in [-0.39, 0.29) is 5.97 Å². The van der Waals surface area contributed by atoms with Gasteiger partial charge in [0, 0.05) is 0 Å². The molecule has 0 heterocycles. The van der Waals surface area contributed by atoms with E-state index in [9.17, 15) is 4.79 Å². The first-order valence-electron chi connectivity index (χ1n) is 5.63. The van der Waals surface area contributed by atoms with E-state index >= 15 is 0 Å². The monoisotopic (exact) mass is 236 g/mol. The predicted molar refractivity (Wildman–Crippen MR) is 67.4 cm³/mol. The second kappa shape index (κ2) is 4.78. The number of rotatable bonds is 3. The van der Waals surface area contributed by atoms with E-state index in [4.69, 9.17) is 9.47 Å². The third-order valence-electron chi connectivity index (χ3n) is 2.64. The van der Waals surface area contributed by atoms with Crippen LogP contribution in [0.2, 0.25) is 0 Å². The van der Waals surface area contributed by atoms with Crippen molar-refractivity contribution in [3.05, 3.63) is 28.8 Å². The summed E-state index contributed by atoms with van der Waals surface area (Å²) in [5, 5.41) is 0. The number of methoxy groups -OCH3 is 1. The predicted octanol–water partition coefficient (Wildman–Crippen LogP) is 2.94. The molecule has 0 saturated carbocycles. The van der Waals surface area contributed by atoms with Crippen LogP contribution in [0, 0.1) is 20.8 Å². The third-order valence-corrected chi connectivity index (χ3v) is 2.64. The molecule has 0 bridgehead atoms. The number of benzene rings is 1. The highest BCUT2D eigenvalue weighted by Crippen LogP contribution is 2.28. The molecule has 1 aromatic carbocycles. The molecule has 0 aliphatic rings. The molecule has 0 aliphatic carbocycles. The Bertz CT molecular complexity index is 410. The van der Waals surface area contributed by atoms with E-state index in [1.54, 1.807) is 13.8 Å². The summed E-state index contributed by atoms with van der Waals surface area (Å²) in [6.07, 6.45) is 0. The first-order chi connectivity index (χ1) is 7.77. The van der Waals surface area contributed by atoms with Gasteiger partial charge in [-0.3, -0.25) is 0 Å². The normalized spacial score (nSPS) is 11.2. The van der Waals surface area contributed by atoms with Crippen molar-refractivity contribution in [3.8, 4) is 5.75 Å². The zero-order valence-corrected chi connectivity index (χ0v) is 11.4. The minimum atomic E-state index is -0.973. The summed E-state index contributed by atoms with van der Waals surface area (Å²) in [6, 6.07) is 4.07. The molecule has 0 fully saturated rings. The van der Waals surface area contributed by atoms with Gasteiger partial charge < -0.3 is 9.47 Å². The number of aryl methyl sites for hydroxylation is 3. The summed E-state index contributed by atoms with van der Waals surface area (Å²) >= 11 is 0. The highest BCUT2D eigenvalue weighted by Gasteiger charge is 2.32. The van der Waals surface area contributed by atoms with Gasteiger partial charge in [0.15, 0.2) is 5.60 Å². The Morgan fingerprint density at radius 1 is 1.12 bits per heavy atom. The third kappa shape index (κ3) is 2.99. The van der Waals surface area contributed by atoms with Gasteiger partial charge in [-0.2, -0.15) is 0 Å². The molecule has 0 aromatic heterocycles. The number of carbonyl (C=O) groups excluding carboxylic acids is 1. The molecule has 94 valence electrons. The minimum Gasteiger partial charge on any atom is -0.476 e. The van der Waals surface area contributed by atoms with Gasteiger partial charge in [0.1, 0.15) is 5.75 Å². The molecule has 1 rings (SSSR count). The number of ether oxygens (including phenoxy) is 2. The van der Waals surface area contributed by atoms with Crippen LogP contribution in [-0.4, -0.2) is 18.7 Å². The number of carbonyl (C=O) groups is 1. The molecule has 17 heavy (non-hydrogen) atoms. The SMILES string of the molecule is COC(=O)C(C)(C)Oc1c(C)cc(C)cc1C. The highest BCUT2D eigenvalue weighted by molar-refractivity contribution is 5.79. The van der Waals surface area contributed by atoms with Crippen molar-refractivity contribution in [3.63, 3.8) is 0 Å². The largest absolute Gasteiger partial charge is 0.476 e. The first kappa shape index (κ1) is 13.6. The highest BCUT2D eigenvalue weighted by atomic mass is 16.6. The molecule has 0 amide bonds. The lowest BCUT2D eigenvalue weighted by Crippen LogP contribution is -2.39. The molecule has 0 radical (unpaired) electrons. The lowest BCUT2D eigenvalue weighted by Gasteiger charge is -2.25. The van der Waals surface area contributed by atoms with E-state index in [0.717, 1.165) is 16.9 Å². The van der Waals surface area contributed by atoms with Crippen LogP contribution in [-0.2, 0) is 9.53 Å². The summed E-state index contributed by atoms with van der Waals surface area (Å²) < 4.78 is 10.5. The molecular weight excluding hydrogens is 216 g/mol. The van der Waals surface area contributed by atoms with Crippen molar-refractivity contribution in [2.24, 2.45) is 0 Å². The molecule has 0 saturated heterocycles. The van der Waals surface area contributed by atoms with E-state index in [1.807, 2.05) is 32.9 Å². The van der Waals surface area contributed by atoms with Crippen LogP contribution in [0.3, 0.4) is 0 Å². The molecule has 0 aliphatic heterocycles. The Morgan fingerprint density at radius 2 is 1.59 bits per heavy atom. The maximum atomic E-state index is 11.6. The maximum Gasteiger partial charge on any atom is 0.349 e. The average molecular weight is 236 g/mol. The molecular formula is C14H20O3. The van der Waals surface area contributed by atoms with Gasteiger partial charge in [-0.05, 0) is 45.7 Å². The maximum absolute atomic E-state index is 11.6. The minimum absolute atomic E-state index is 0.378. The van der Waals surface area contributed by atoms with Crippen LogP contribution in [0.15, 0.2) is 12.1 Å². The van der Waals surface area contributed by atoms with Crippen molar-refractivity contribution in [1.29, 1.82) is 0 Å². The van der Waals surface area contributed by atoms with Crippen LogP contribution < -0.4 is 4.74 Å². The summed E-state index contributed by atoms with van der Waals surface area (Å²) in [5.41, 5.74) is 2.27. The van der Waals surface area contributed by atoms with Crippen LogP contribution in [0.5, 0.6) is 5.75 Å². The molecule has 0 unspecified atom stereocenters. The summed E-state index contributed by atoms with van der Waals surface area (Å²) in [4.78, 5) is 11.6. The van der Waals surface area contributed by atoms with Gasteiger partial charge in [0.25, 0.3) is 0 Å². The van der Waals surface area contributed by atoms with E-state index in [1.165, 1.54) is 12.7 Å². The molecule has 0 atom stereocenters. The van der Waals surface area contributed by atoms with Crippen molar-refractivity contribution >= 4 is 5.97 Å². The molecule has 0 N–H and O–H groups in total. The van der Waals surface area contributed by atoms with Crippen LogP contribution in [0.4, 0.5) is 0 Å². The fraction of sp³-hybridized carbons (Fsp3) is 0.500. The fourth-order valence-electron chi connectivity index (χ4n) is 1.87. The lowest BCUT2D eigenvalue weighted by atomic mass is 10.1.